The second kappa shape index (κ2) is 9.62. The van der Waals surface area contributed by atoms with Gasteiger partial charge in [-0.15, -0.1) is 11.3 Å². The summed E-state index contributed by atoms with van der Waals surface area (Å²) < 4.78 is 21.7. The van der Waals surface area contributed by atoms with Crippen LogP contribution in [0.4, 0.5) is 0 Å². The van der Waals surface area contributed by atoms with Gasteiger partial charge in [-0.3, -0.25) is 4.79 Å². The number of ether oxygens (including phenoxy) is 3. The van der Waals surface area contributed by atoms with Gasteiger partial charge in [0.1, 0.15) is 6.04 Å². The van der Waals surface area contributed by atoms with Crippen molar-refractivity contribution in [3.05, 3.63) is 40.4 Å². The summed E-state index contributed by atoms with van der Waals surface area (Å²) >= 11 is 1.38. The maximum absolute atomic E-state index is 12.6. The van der Waals surface area contributed by atoms with Crippen LogP contribution in [0.1, 0.15) is 41.9 Å². The zero-order valence-corrected chi connectivity index (χ0v) is 18.4. The van der Waals surface area contributed by atoms with Crippen LogP contribution in [-0.4, -0.2) is 37.4 Å². The van der Waals surface area contributed by atoms with E-state index in [0.717, 1.165) is 6.42 Å². The van der Waals surface area contributed by atoms with Crippen LogP contribution in [0.25, 0.3) is 11.4 Å². The first-order valence-corrected chi connectivity index (χ1v) is 10.4. The summed E-state index contributed by atoms with van der Waals surface area (Å²) in [4.78, 5) is 17.8. The van der Waals surface area contributed by atoms with Gasteiger partial charge < -0.3 is 24.1 Å². The van der Waals surface area contributed by atoms with E-state index < -0.39 is 6.04 Å². The molecule has 0 spiro atoms. The minimum atomic E-state index is -0.409. The van der Waals surface area contributed by atoms with Gasteiger partial charge in [0, 0.05) is 5.56 Å². The molecular weight excluding hydrogens is 406 g/mol. The van der Waals surface area contributed by atoms with Crippen LogP contribution in [0, 0.1) is 5.92 Å². The smallest absolute Gasteiger partial charge is 0.262 e. The van der Waals surface area contributed by atoms with Gasteiger partial charge in [0.2, 0.25) is 17.5 Å². The zero-order chi connectivity index (χ0) is 21.7. The number of nitrogens with one attached hydrogen (secondary N) is 1. The minimum absolute atomic E-state index is 0.0992. The monoisotopic (exact) mass is 431 g/mol. The number of amides is 1. The second-order valence-corrected chi connectivity index (χ2v) is 7.63. The number of carbonyl (C=O) groups is 1. The highest BCUT2D eigenvalue weighted by atomic mass is 32.1. The molecule has 0 saturated carbocycles. The van der Waals surface area contributed by atoms with Gasteiger partial charge in [0.25, 0.3) is 5.91 Å². The summed E-state index contributed by atoms with van der Waals surface area (Å²) in [6.07, 6.45) is 0.831. The van der Waals surface area contributed by atoms with Crippen molar-refractivity contribution in [3.8, 4) is 28.6 Å². The molecule has 2 aromatic heterocycles. The molecule has 0 aliphatic heterocycles. The van der Waals surface area contributed by atoms with E-state index in [1.807, 2.05) is 25.3 Å². The van der Waals surface area contributed by atoms with Crippen LogP contribution in [0.5, 0.6) is 17.2 Å². The van der Waals surface area contributed by atoms with E-state index in [1.165, 1.54) is 11.3 Å². The first kappa shape index (κ1) is 21.6. The molecule has 2 unspecified atom stereocenters. The summed E-state index contributed by atoms with van der Waals surface area (Å²) in [6.45, 7) is 4.08. The first-order valence-electron chi connectivity index (χ1n) is 9.50. The molecule has 0 aliphatic rings. The molecule has 160 valence electrons. The molecule has 30 heavy (non-hydrogen) atoms. The number of thiophene rings is 1. The highest BCUT2D eigenvalue weighted by Crippen LogP contribution is 2.40. The average Bonchev–Trinajstić information content (AvgIpc) is 3.48. The fourth-order valence-electron chi connectivity index (χ4n) is 2.99. The predicted molar refractivity (Wildman–Crippen MR) is 113 cm³/mol. The van der Waals surface area contributed by atoms with E-state index in [9.17, 15) is 4.79 Å². The fraction of sp³-hybridized carbons (Fsp3) is 0.381. The SMILES string of the molecule is CCC(C)C(NC(=O)c1cccs1)c1nc(-c2cc(OC)c(OC)c(OC)c2)no1. The van der Waals surface area contributed by atoms with E-state index in [2.05, 4.69) is 15.5 Å². The maximum Gasteiger partial charge on any atom is 0.262 e. The molecule has 9 heteroatoms. The molecule has 8 nitrogen and oxygen atoms in total. The summed E-state index contributed by atoms with van der Waals surface area (Å²) in [5, 5.41) is 9.00. The van der Waals surface area contributed by atoms with E-state index >= 15 is 0 Å². The number of rotatable bonds is 9. The van der Waals surface area contributed by atoms with Crippen molar-refractivity contribution in [3.63, 3.8) is 0 Å². The Morgan fingerprint density at radius 1 is 1.20 bits per heavy atom. The van der Waals surface area contributed by atoms with Crippen LogP contribution < -0.4 is 19.5 Å². The van der Waals surface area contributed by atoms with Gasteiger partial charge in [-0.2, -0.15) is 4.98 Å². The second-order valence-electron chi connectivity index (χ2n) is 6.68. The molecule has 0 saturated heterocycles. The summed E-state index contributed by atoms with van der Waals surface area (Å²) in [7, 11) is 4.63. The quantitative estimate of drug-likeness (QED) is 0.538. The Bertz CT molecular complexity index is 961. The summed E-state index contributed by atoms with van der Waals surface area (Å²) in [6, 6.07) is 6.71. The number of aromatic nitrogens is 2. The molecular formula is C21H25N3O5S. The third kappa shape index (κ3) is 4.40. The molecule has 1 N–H and O–H groups in total. The lowest BCUT2D eigenvalue weighted by Gasteiger charge is -2.20. The van der Waals surface area contributed by atoms with Gasteiger partial charge in [-0.25, -0.2) is 0 Å². The Labute approximate surface area is 179 Å². The van der Waals surface area contributed by atoms with E-state index in [-0.39, 0.29) is 11.8 Å². The predicted octanol–water partition coefficient (Wildman–Crippen LogP) is 4.34. The van der Waals surface area contributed by atoms with Crippen molar-refractivity contribution in [2.24, 2.45) is 5.92 Å². The molecule has 0 fully saturated rings. The third-order valence-electron chi connectivity index (χ3n) is 4.88. The number of nitrogens with zero attached hydrogens (tertiary/aromatic N) is 2. The molecule has 1 aromatic carbocycles. The molecule has 0 aliphatic carbocycles. The van der Waals surface area contributed by atoms with Crippen molar-refractivity contribution in [2.75, 3.05) is 21.3 Å². The van der Waals surface area contributed by atoms with Gasteiger partial charge >= 0.3 is 0 Å². The number of benzene rings is 1. The Hall–Kier alpha value is -3.07. The molecule has 0 radical (unpaired) electrons. The Morgan fingerprint density at radius 2 is 1.90 bits per heavy atom. The Balaban J connectivity index is 1.93. The standard InChI is InChI=1S/C21H25N3O5S/c1-6-12(2)17(22-20(25)16-8-7-9-30-16)21-23-19(24-29-21)13-10-14(26-3)18(28-5)15(11-13)27-4/h7-12,17H,6H2,1-5H3,(H,22,25). The maximum atomic E-state index is 12.6. The van der Waals surface area contributed by atoms with Crippen molar-refractivity contribution >= 4 is 17.2 Å². The molecule has 2 heterocycles. The average molecular weight is 432 g/mol. The lowest BCUT2D eigenvalue weighted by Crippen LogP contribution is -2.32. The first-order chi connectivity index (χ1) is 14.5. The van der Waals surface area contributed by atoms with Gasteiger partial charge in [0.15, 0.2) is 11.5 Å². The lowest BCUT2D eigenvalue weighted by molar-refractivity contribution is 0.0914. The molecule has 0 bridgehead atoms. The van der Waals surface area contributed by atoms with E-state index in [1.54, 1.807) is 39.5 Å². The summed E-state index contributed by atoms with van der Waals surface area (Å²) in [5.74, 6) is 2.10. The van der Waals surface area contributed by atoms with Crippen molar-refractivity contribution < 1.29 is 23.5 Å². The van der Waals surface area contributed by atoms with Crippen molar-refractivity contribution in [1.82, 2.24) is 15.5 Å². The molecule has 1 amide bonds. The highest BCUT2D eigenvalue weighted by Gasteiger charge is 2.27. The normalized spacial score (nSPS) is 12.8. The van der Waals surface area contributed by atoms with Crippen LogP contribution in [0.2, 0.25) is 0 Å². The van der Waals surface area contributed by atoms with Crippen molar-refractivity contribution in [1.29, 1.82) is 0 Å². The van der Waals surface area contributed by atoms with Crippen LogP contribution >= 0.6 is 11.3 Å². The van der Waals surface area contributed by atoms with Crippen LogP contribution in [0.3, 0.4) is 0 Å². The molecule has 3 rings (SSSR count). The molecule has 2 atom stereocenters. The Morgan fingerprint density at radius 3 is 2.43 bits per heavy atom. The van der Waals surface area contributed by atoms with Gasteiger partial charge in [-0.1, -0.05) is 31.5 Å². The number of methoxy groups -OCH3 is 3. The topological polar surface area (TPSA) is 95.7 Å². The summed E-state index contributed by atoms with van der Waals surface area (Å²) in [5.41, 5.74) is 0.645. The number of carbonyl (C=O) groups excluding carboxylic acids is 1. The van der Waals surface area contributed by atoms with Crippen LogP contribution in [-0.2, 0) is 0 Å². The fourth-order valence-corrected chi connectivity index (χ4v) is 3.62. The van der Waals surface area contributed by atoms with Gasteiger partial charge in [0.05, 0.1) is 26.2 Å². The highest BCUT2D eigenvalue weighted by molar-refractivity contribution is 7.12. The minimum Gasteiger partial charge on any atom is -0.493 e. The molecule has 3 aromatic rings. The van der Waals surface area contributed by atoms with E-state index in [4.69, 9.17) is 18.7 Å². The third-order valence-corrected chi connectivity index (χ3v) is 5.74. The number of hydrogen-bond acceptors (Lipinski definition) is 8. The Kier molecular flexibility index (Phi) is 6.94. The lowest BCUT2D eigenvalue weighted by atomic mass is 9.99. The zero-order valence-electron chi connectivity index (χ0n) is 17.6. The van der Waals surface area contributed by atoms with Crippen molar-refractivity contribution in [2.45, 2.75) is 26.3 Å². The van der Waals surface area contributed by atoms with Crippen LogP contribution in [0.15, 0.2) is 34.2 Å². The van der Waals surface area contributed by atoms with Gasteiger partial charge in [-0.05, 0) is 29.5 Å². The largest absolute Gasteiger partial charge is 0.493 e. The van der Waals surface area contributed by atoms with E-state index in [0.29, 0.717) is 39.4 Å². The number of hydrogen-bond donors (Lipinski definition) is 1.